The van der Waals surface area contributed by atoms with Gasteiger partial charge in [0.15, 0.2) is 0 Å². The van der Waals surface area contributed by atoms with E-state index < -0.39 is 6.10 Å². The summed E-state index contributed by atoms with van der Waals surface area (Å²) in [5.41, 5.74) is 0. The average Bonchev–Trinajstić information content (AvgIpc) is 3.19. The molecule has 0 radical (unpaired) electrons. The topological polar surface area (TPSA) is 53.0 Å². The molecule has 0 bridgehead atoms. The van der Waals surface area contributed by atoms with Gasteiger partial charge in [-0.15, -0.1) is 0 Å². The number of nitrogens with zero attached hydrogens (tertiary/aromatic N) is 2. The predicted octanol–water partition coefficient (Wildman–Crippen LogP) is 1.51. The monoisotopic (exact) mass is 318 g/mol. The SMILES string of the molecule is CN(CC(=O)N1C[C@@H](O)[C@H](Oc2ccccc2)C1)C1CCCC1. The third kappa shape index (κ3) is 4.03. The second-order valence-corrected chi connectivity index (χ2v) is 6.69. The minimum Gasteiger partial charge on any atom is -0.486 e. The number of likely N-dealkylation sites (N-methyl/N-ethyl adjacent to an activating group) is 1. The van der Waals surface area contributed by atoms with E-state index in [9.17, 15) is 9.90 Å². The van der Waals surface area contributed by atoms with Gasteiger partial charge in [-0.05, 0) is 32.0 Å². The highest BCUT2D eigenvalue weighted by Gasteiger charge is 2.36. The van der Waals surface area contributed by atoms with E-state index in [0.717, 1.165) is 5.75 Å². The van der Waals surface area contributed by atoms with Gasteiger partial charge in [0.1, 0.15) is 18.0 Å². The molecule has 0 unspecified atom stereocenters. The third-order valence-corrected chi connectivity index (χ3v) is 4.95. The van der Waals surface area contributed by atoms with Crippen LogP contribution in [-0.2, 0) is 4.79 Å². The van der Waals surface area contributed by atoms with Gasteiger partial charge in [0.05, 0.1) is 19.6 Å². The molecule has 0 spiro atoms. The van der Waals surface area contributed by atoms with E-state index in [0.29, 0.717) is 25.7 Å². The summed E-state index contributed by atoms with van der Waals surface area (Å²) in [7, 11) is 2.03. The van der Waals surface area contributed by atoms with Gasteiger partial charge in [-0.25, -0.2) is 0 Å². The van der Waals surface area contributed by atoms with E-state index in [1.807, 2.05) is 37.4 Å². The molecule has 5 nitrogen and oxygen atoms in total. The molecule has 2 aliphatic rings. The highest BCUT2D eigenvalue weighted by Crippen LogP contribution is 2.23. The van der Waals surface area contributed by atoms with Crippen molar-refractivity contribution in [3.8, 4) is 5.75 Å². The lowest BCUT2D eigenvalue weighted by Gasteiger charge is -2.26. The summed E-state index contributed by atoms with van der Waals surface area (Å²) in [6.07, 6.45) is 3.92. The fourth-order valence-corrected chi connectivity index (χ4v) is 3.54. The Morgan fingerprint density at radius 1 is 1.26 bits per heavy atom. The molecule has 1 saturated heterocycles. The molecular formula is C18H26N2O3. The number of aliphatic hydroxyl groups is 1. The van der Waals surface area contributed by atoms with Crippen LogP contribution in [0.15, 0.2) is 30.3 Å². The minimum absolute atomic E-state index is 0.0811. The predicted molar refractivity (Wildman–Crippen MR) is 88.3 cm³/mol. The molecule has 1 aliphatic carbocycles. The van der Waals surface area contributed by atoms with Crippen molar-refractivity contribution in [1.29, 1.82) is 0 Å². The van der Waals surface area contributed by atoms with E-state index in [1.54, 1.807) is 4.90 Å². The lowest BCUT2D eigenvalue weighted by atomic mass is 10.2. The van der Waals surface area contributed by atoms with E-state index in [4.69, 9.17) is 4.74 Å². The van der Waals surface area contributed by atoms with Crippen molar-refractivity contribution in [2.75, 3.05) is 26.7 Å². The highest BCUT2D eigenvalue weighted by molar-refractivity contribution is 5.78. The maximum atomic E-state index is 12.5. The first kappa shape index (κ1) is 16.3. The van der Waals surface area contributed by atoms with Crippen molar-refractivity contribution in [2.45, 2.75) is 43.9 Å². The quantitative estimate of drug-likeness (QED) is 0.894. The molecule has 2 fully saturated rings. The molecule has 1 amide bonds. The molecule has 3 rings (SSSR count). The number of hydrogen-bond acceptors (Lipinski definition) is 4. The Balaban J connectivity index is 1.52. The van der Waals surface area contributed by atoms with Gasteiger partial charge in [-0.1, -0.05) is 31.0 Å². The zero-order valence-electron chi connectivity index (χ0n) is 13.7. The Labute approximate surface area is 137 Å². The summed E-state index contributed by atoms with van der Waals surface area (Å²) in [4.78, 5) is 16.4. The number of para-hydroxylation sites is 1. The summed E-state index contributed by atoms with van der Waals surface area (Å²) in [6.45, 7) is 1.23. The van der Waals surface area contributed by atoms with Crippen molar-refractivity contribution in [3.05, 3.63) is 30.3 Å². The number of amides is 1. The van der Waals surface area contributed by atoms with Gasteiger partial charge < -0.3 is 14.7 Å². The molecular weight excluding hydrogens is 292 g/mol. The highest BCUT2D eigenvalue weighted by atomic mass is 16.5. The number of benzene rings is 1. The molecule has 1 aromatic rings. The number of β-amino-alcohol motifs (C(OH)–C–C–N with tert-alkyl or cyclic N) is 1. The molecule has 1 aromatic carbocycles. The van der Waals surface area contributed by atoms with Gasteiger partial charge in [0.2, 0.25) is 5.91 Å². The van der Waals surface area contributed by atoms with Gasteiger partial charge in [0, 0.05) is 6.04 Å². The molecule has 2 atom stereocenters. The van der Waals surface area contributed by atoms with Gasteiger partial charge in [-0.3, -0.25) is 9.69 Å². The second-order valence-electron chi connectivity index (χ2n) is 6.69. The van der Waals surface area contributed by atoms with Crippen LogP contribution in [-0.4, -0.2) is 65.7 Å². The number of hydrogen-bond donors (Lipinski definition) is 1. The van der Waals surface area contributed by atoms with Crippen LogP contribution < -0.4 is 4.74 Å². The van der Waals surface area contributed by atoms with Crippen LogP contribution in [0, 0.1) is 0 Å². The van der Waals surface area contributed by atoms with Gasteiger partial charge in [-0.2, -0.15) is 0 Å². The fourth-order valence-electron chi connectivity index (χ4n) is 3.54. The van der Waals surface area contributed by atoms with E-state index in [-0.39, 0.29) is 12.0 Å². The van der Waals surface area contributed by atoms with Crippen LogP contribution in [0.25, 0.3) is 0 Å². The fraction of sp³-hybridized carbons (Fsp3) is 0.611. The normalized spacial score (nSPS) is 25.3. The Bertz CT molecular complexity index is 516. The van der Waals surface area contributed by atoms with Crippen LogP contribution in [0.1, 0.15) is 25.7 Å². The van der Waals surface area contributed by atoms with Gasteiger partial charge in [0.25, 0.3) is 0 Å². The summed E-state index contributed by atoms with van der Waals surface area (Å²) in [5.74, 6) is 0.812. The Morgan fingerprint density at radius 3 is 2.65 bits per heavy atom. The summed E-state index contributed by atoms with van der Waals surface area (Å²) in [5, 5.41) is 10.2. The van der Waals surface area contributed by atoms with Crippen molar-refractivity contribution in [1.82, 2.24) is 9.80 Å². The summed E-state index contributed by atoms with van der Waals surface area (Å²) in [6, 6.07) is 9.98. The average molecular weight is 318 g/mol. The standard InChI is InChI=1S/C18H26N2O3/c1-19(14-7-5-6-8-14)13-18(22)20-11-16(21)17(12-20)23-15-9-3-2-4-10-15/h2-4,9-10,14,16-17,21H,5-8,11-13H2,1H3/t16-,17-/m1/s1. The number of ether oxygens (including phenoxy) is 1. The van der Waals surface area contributed by atoms with Crippen molar-refractivity contribution >= 4 is 5.91 Å². The summed E-state index contributed by atoms with van der Waals surface area (Å²) < 4.78 is 5.82. The van der Waals surface area contributed by atoms with Crippen LogP contribution in [0.3, 0.4) is 0 Å². The van der Waals surface area contributed by atoms with Crippen LogP contribution in [0.2, 0.25) is 0 Å². The Kier molecular flexibility index (Phi) is 5.18. The Hall–Kier alpha value is -1.59. The van der Waals surface area contributed by atoms with Crippen molar-refractivity contribution < 1.29 is 14.6 Å². The zero-order chi connectivity index (χ0) is 16.2. The van der Waals surface area contributed by atoms with Crippen LogP contribution in [0.5, 0.6) is 5.75 Å². The first-order valence-electron chi connectivity index (χ1n) is 8.51. The molecule has 1 N–H and O–H groups in total. The minimum atomic E-state index is -0.629. The third-order valence-electron chi connectivity index (χ3n) is 4.95. The Morgan fingerprint density at radius 2 is 1.96 bits per heavy atom. The van der Waals surface area contributed by atoms with Crippen molar-refractivity contribution in [2.24, 2.45) is 0 Å². The molecule has 1 saturated carbocycles. The molecule has 0 aromatic heterocycles. The van der Waals surface area contributed by atoms with E-state index in [2.05, 4.69) is 4.90 Å². The van der Waals surface area contributed by atoms with Crippen molar-refractivity contribution in [3.63, 3.8) is 0 Å². The number of carbonyl (C=O) groups is 1. The first-order chi connectivity index (χ1) is 11.1. The number of carbonyl (C=O) groups excluding carboxylic acids is 1. The second kappa shape index (κ2) is 7.32. The lowest BCUT2D eigenvalue weighted by molar-refractivity contribution is -0.132. The lowest BCUT2D eigenvalue weighted by Crippen LogP contribution is -2.41. The van der Waals surface area contributed by atoms with E-state index in [1.165, 1.54) is 25.7 Å². The molecule has 1 aliphatic heterocycles. The molecule has 1 heterocycles. The largest absolute Gasteiger partial charge is 0.486 e. The number of rotatable bonds is 5. The summed E-state index contributed by atoms with van der Waals surface area (Å²) >= 11 is 0. The molecule has 126 valence electrons. The van der Waals surface area contributed by atoms with Gasteiger partial charge >= 0.3 is 0 Å². The molecule has 23 heavy (non-hydrogen) atoms. The zero-order valence-corrected chi connectivity index (χ0v) is 13.7. The number of likely N-dealkylation sites (tertiary alicyclic amines) is 1. The smallest absolute Gasteiger partial charge is 0.236 e. The number of aliphatic hydroxyl groups excluding tert-OH is 1. The maximum absolute atomic E-state index is 12.5. The van der Waals surface area contributed by atoms with Crippen LogP contribution >= 0.6 is 0 Å². The van der Waals surface area contributed by atoms with E-state index >= 15 is 0 Å². The molecule has 5 heteroatoms. The first-order valence-corrected chi connectivity index (χ1v) is 8.51. The van der Waals surface area contributed by atoms with Crippen LogP contribution in [0.4, 0.5) is 0 Å². The maximum Gasteiger partial charge on any atom is 0.236 e.